The van der Waals surface area contributed by atoms with Gasteiger partial charge in [0.1, 0.15) is 13.1 Å². The van der Waals surface area contributed by atoms with Crippen LogP contribution < -0.4 is 20.4 Å². The fourth-order valence-electron chi connectivity index (χ4n) is 3.29. The quantitative estimate of drug-likeness (QED) is 0.638. The lowest BCUT2D eigenvalue weighted by molar-refractivity contribution is -0.123. The van der Waals surface area contributed by atoms with Crippen LogP contribution in [-0.4, -0.2) is 50.7 Å². The van der Waals surface area contributed by atoms with Crippen LogP contribution in [-0.2, 0) is 14.3 Å². The molecule has 0 saturated carbocycles. The lowest BCUT2D eigenvalue weighted by atomic mass is 10.1. The van der Waals surface area contributed by atoms with Crippen molar-refractivity contribution < 1.29 is 19.1 Å². The first-order valence-electron chi connectivity index (χ1n) is 10.4. The monoisotopic (exact) mass is 424 g/mol. The van der Waals surface area contributed by atoms with Crippen molar-refractivity contribution in [1.82, 2.24) is 5.32 Å². The minimum Gasteiger partial charge on any atom is -0.382 e. The molecule has 0 spiro atoms. The van der Waals surface area contributed by atoms with Gasteiger partial charge in [-0.15, -0.1) is 0 Å². The fraction of sp³-hybridized carbons (Fsp3) is 0.348. The first-order chi connectivity index (χ1) is 15.0. The molecular weight excluding hydrogens is 396 g/mol. The molecular formula is C23H28N4O4. The number of benzene rings is 2. The second-order valence-electron chi connectivity index (χ2n) is 7.25. The van der Waals surface area contributed by atoms with Gasteiger partial charge in [-0.2, -0.15) is 0 Å². The Morgan fingerprint density at radius 2 is 1.77 bits per heavy atom. The van der Waals surface area contributed by atoms with Crippen molar-refractivity contribution in [1.29, 1.82) is 0 Å². The molecule has 1 heterocycles. The minimum absolute atomic E-state index is 0.0993. The van der Waals surface area contributed by atoms with E-state index in [0.29, 0.717) is 43.2 Å². The molecule has 0 atom stereocenters. The Bertz CT molecular complexity index is 929. The summed E-state index contributed by atoms with van der Waals surface area (Å²) >= 11 is 0. The molecule has 8 heteroatoms. The summed E-state index contributed by atoms with van der Waals surface area (Å²) in [6, 6.07) is 14.1. The predicted molar refractivity (Wildman–Crippen MR) is 120 cm³/mol. The summed E-state index contributed by atoms with van der Waals surface area (Å²) in [5.74, 6) is -0.570. The van der Waals surface area contributed by atoms with Crippen LogP contribution in [0.25, 0.3) is 0 Å². The standard InChI is InChI=1S/C23H28N4O4/c1-3-31-14-6-13-24-21(28)15-26-19-7-4-5-8-20(19)27(16-22(26)29)23(30)25-18-11-9-17(2)10-12-18/h4-5,7-12H,3,6,13-16H2,1-2H3,(H,24,28)(H,25,30). The van der Waals surface area contributed by atoms with E-state index in [9.17, 15) is 14.4 Å². The van der Waals surface area contributed by atoms with Gasteiger partial charge in [-0.05, 0) is 44.5 Å². The van der Waals surface area contributed by atoms with Gasteiger partial charge in [0.25, 0.3) is 0 Å². The zero-order valence-corrected chi connectivity index (χ0v) is 17.9. The number of rotatable bonds is 8. The number of hydrogen-bond donors (Lipinski definition) is 2. The average molecular weight is 425 g/mol. The highest BCUT2D eigenvalue weighted by atomic mass is 16.5. The second-order valence-corrected chi connectivity index (χ2v) is 7.25. The molecule has 2 aromatic rings. The number of aryl methyl sites for hydroxylation is 1. The fourth-order valence-corrected chi connectivity index (χ4v) is 3.29. The second kappa shape index (κ2) is 10.6. The molecule has 164 valence electrons. The van der Waals surface area contributed by atoms with E-state index in [0.717, 1.165) is 5.56 Å². The summed E-state index contributed by atoms with van der Waals surface area (Å²) in [7, 11) is 0. The van der Waals surface area contributed by atoms with Gasteiger partial charge >= 0.3 is 6.03 Å². The van der Waals surface area contributed by atoms with Crippen molar-refractivity contribution in [2.24, 2.45) is 0 Å². The lowest BCUT2D eigenvalue weighted by Gasteiger charge is -2.35. The third kappa shape index (κ3) is 5.82. The Hall–Kier alpha value is -3.39. The first kappa shape index (κ1) is 22.3. The molecule has 0 unspecified atom stereocenters. The number of carbonyl (C=O) groups is 3. The number of carbonyl (C=O) groups excluding carboxylic acids is 3. The van der Waals surface area contributed by atoms with Gasteiger partial charge in [0, 0.05) is 25.4 Å². The number of anilines is 3. The number of amides is 4. The van der Waals surface area contributed by atoms with Gasteiger partial charge in [0.05, 0.1) is 11.4 Å². The molecule has 2 aromatic carbocycles. The number of para-hydroxylation sites is 2. The summed E-state index contributed by atoms with van der Waals surface area (Å²) < 4.78 is 5.25. The number of urea groups is 1. The lowest BCUT2D eigenvalue weighted by Crippen LogP contribution is -2.52. The molecule has 4 amide bonds. The van der Waals surface area contributed by atoms with Gasteiger partial charge in [0.15, 0.2) is 0 Å². The number of nitrogens with one attached hydrogen (secondary N) is 2. The highest BCUT2D eigenvalue weighted by Gasteiger charge is 2.33. The number of hydrogen-bond acceptors (Lipinski definition) is 4. The summed E-state index contributed by atoms with van der Waals surface area (Å²) in [6.07, 6.45) is 0.705. The summed E-state index contributed by atoms with van der Waals surface area (Å²) in [6.45, 7) is 5.34. The summed E-state index contributed by atoms with van der Waals surface area (Å²) in [4.78, 5) is 40.9. The number of fused-ring (bicyclic) bond motifs is 1. The van der Waals surface area contributed by atoms with Gasteiger partial charge in [-0.25, -0.2) is 4.79 Å². The van der Waals surface area contributed by atoms with Crippen LogP contribution in [0, 0.1) is 6.92 Å². The van der Waals surface area contributed by atoms with E-state index in [-0.39, 0.29) is 24.9 Å². The third-order valence-corrected chi connectivity index (χ3v) is 4.90. The van der Waals surface area contributed by atoms with Crippen LogP contribution in [0.1, 0.15) is 18.9 Å². The minimum atomic E-state index is -0.398. The third-order valence-electron chi connectivity index (χ3n) is 4.90. The van der Waals surface area contributed by atoms with Crippen LogP contribution >= 0.6 is 0 Å². The first-order valence-corrected chi connectivity index (χ1v) is 10.4. The Kier molecular flexibility index (Phi) is 7.61. The zero-order valence-electron chi connectivity index (χ0n) is 17.9. The molecule has 8 nitrogen and oxygen atoms in total. The average Bonchev–Trinajstić information content (AvgIpc) is 2.77. The molecule has 0 saturated heterocycles. The molecule has 0 aliphatic carbocycles. The van der Waals surface area contributed by atoms with Crippen LogP contribution in [0.15, 0.2) is 48.5 Å². The van der Waals surface area contributed by atoms with Crippen molar-refractivity contribution in [2.45, 2.75) is 20.3 Å². The Morgan fingerprint density at radius 1 is 1.06 bits per heavy atom. The normalized spacial score (nSPS) is 13.0. The van der Waals surface area contributed by atoms with Gasteiger partial charge < -0.3 is 15.4 Å². The molecule has 1 aliphatic rings. The highest BCUT2D eigenvalue weighted by Crippen LogP contribution is 2.33. The van der Waals surface area contributed by atoms with Crippen molar-refractivity contribution in [3.05, 3.63) is 54.1 Å². The number of nitrogens with zero attached hydrogens (tertiary/aromatic N) is 2. The zero-order chi connectivity index (χ0) is 22.2. The van der Waals surface area contributed by atoms with Gasteiger partial charge in [0.2, 0.25) is 11.8 Å². The largest absolute Gasteiger partial charge is 0.382 e. The molecule has 0 bridgehead atoms. The number of ether oxygens (including phenoxy) is 1. The summed E-state index contributed by atoms with van der Waals surface area (Å²) in [5.41, 5.74) is 2.84. The van der Waals surface area contributed by atoms with Crippen molar-refractivity contribution in [3.8, 4) is 0 Å². The predicted octanol–water partition coefficient (Wildman–Crippen LogP) is 2.92. The molecule has 31 heavy (non-hydrogen) atoms. The molecule has 0 fully saturated rings. The SMILES string of the molecule is CCOCCCNC(=O)CN1C(=O)CN(C(=O)Nc2ccc(C)cc2)c2ccccc21. The topological polar surface area (TPSA) is 91.0 Å². The Labute approximate surface area is 182 Å². The van der Waals surface area contributed by atoms with Crippen molar-refractivity contribution in [3.63, 3.8) is 0 Å². The summed E-state index contributed by atoms with van der Waals surface area (Å²) in [5, 5.41) is 5.63. The van der Waals surface area contributed by atoms with E-state index in [4.69, 9.17) is 4.74 Å². The van der Waals surface area contributed by atoms with E-state index >= 15 is 0 Å². The molecule has 0 radical (unpaired) electrons. The van der Waals surface area contributed by atoms with Crippen LogP contribution in [0.2, 0.25) is 0 Å². The van der Waals surface area contributed by atoms with E-state index in [2.05, 4.69) is 10.6 Å². The maximum atomic E-state index is 12.9. The van der Waals surface area contributed by atoms with Crippen molar-refractivity contribution in [2.75, 3.05) is 48.0 Å². The van der Waals surface area contributed by atoms with Crippen molar-refractivity contribution >= 4 is 34.9 Å². The maximum Gasteiger partial charge on any atom is 0.326 e. The molecule has 1 aliphatic heterocycles. The Balaban J connectivity index is 1.68. The molecule has 3 rings (SSSR count). The van der Waals surface area contributed by atoms with Crippen LogP contribution in [0.3, 0.4) is 0 Å². The maximum absolute atomic E-state index is 12.9. The molecule has 0 aromatic heterocycles. The highest BCUT2D eigenvalue weighted by molar-refractivity contribution is 6.14. The Morgan fingerprint density at radius 3 is 2.48 bits per heavy atom. The van der Waals surface area contributed by atoms with E-state index in [1.807, 2.05) is 38.1 Å². The van der Waals surface area contributed by atoms with E-state index in [1.54, 1.807) is 24.3 Å². The van der Waals surface area contributed by atoms with Gasteiger partial charge in [-0.3, -0.25) is 19.4 Å². The van der Waals surface area contributed by atoms with Crippen LogP contribution in [0.4, 0.5) is 21.9 Å². The molecule has 2 N–H and O–H groups in total. The van der Waals surface area contributed by atoms with Crippen LogP contribution in [0.5, 0.6) is 0 Å². The smallest absolute Gasteiger partial charge is 0.326 e. The van der Waals surface area contributed by atoms with E-state index < -0.39 is 6.03 Å². The van der Waals surface area contributed by atoms with E-state index in [1.165, 1.54) is 9.80 Å². The van der Waals surface area contributed by atoms with Gasteiger partial charge in [-0.1, -0.05) is 29.8 Å².